The van der Waals surface area contributed by atoms with E-state index in [1.807, 2.05) is 10.8 Å². The Labute approximate surface area is 174 Å². The molecule has 3 fully saturated rings. The molecule has 2 aliphatic heterocycles. The second kappa shape index (κ2) is 7.11. The van der Waals surface area contributed by atoms with Gasteiger partial charge in [-0.05, 0) is 38.2 Å². The van der Waals surface area contributed by atoms with E-state index in [2.05, 4.69) is 15.2 Å². The van der Waals surface area contributed by atoms with Crippen molar-refractivity contribution >= 4 is 17.6 Å². The minimum Gasteiger partial charge on any atom is -0.465 e. The van der Waals surface area contributed by atoms with Crippen LogP contribution in [0.1, 0.15) is 54.1 Å². The third-order valence-corrected chi connectivity index (χ3v) is 6.78. The molecule has 1 N–H and O–H groups in total. The van der Waals surface area contributed by atoms with E-state index in [-0.39, 0.29) is 16.9 Å². The van der Waals surface area contributed by atoms with E-state index in [4.69, 9.17) is 4.74 Å². The molecular weight excluding hydrogens is 387 g/mol. The van der Waals surface area contributed by atoms with E-state index in [1.165, 1.54) is 13.2 Å². The number of imidazole rings is 1. The molecule has 1 aromatic carbocycles. The zero-order valence-electron chi connectivity index (χ0n) is 17.0. The highest BCUT2D eigenvalue weighted by molar-refractivity contribution is 5.91. The minimum absolute atomic E-state index is 0.0958. The number of ether oxygens (including phenoxy) is 1. The highest BCUT2D eigenvalue weighted by Gasteiger charge is 2.44. The predicted molar refractivity (Wildman–Crippen MR) is 108 cm³/mol. The Morgan fingerprint density at radius 3 is 2.63 bits per heavy atom. The van der Waals surface area contributed by atoms with Crippen LogP contribution in [0.3, 0.4) is 0 Å². The zero-order valence-corrected chi connectivity index (χ0v) is 17.0. The van der Waals surface area contributed by atoms with Crippen LogP contribution in [0.2, 0.25) is 0 Å². The van der Waals surface area contributed by atoms with Crippen LogP contribution in [0.25, 0.3) is 5.69 Å². The summed E-state index contributed by atoms with van der Waals surface area (Å²) < 4.78 is 21.4. The number of nitrogens with zero attached hydrogens (tertiary/aromatic N) is 3. The van der Waals surface area contributed by atoms with Gasteiger partial charge < -0.3 is 19.5 Å². The first-order chi connectivity index (χ1) is 14.5. The summed E-state index contributed by atoms with van der Waals surface area (Å²) in [5.41, 5.74) is 2.03. The molecule has 1 spiro atoms. The number of hydrogen-bond donors (Lipinski definition) is 1. The molecule has 0 bridgehead atoms. The van der Waals surface area contributed by atoms with Crippen molar-refractivity contribution in [3.05, 3.63) is 41.7 Å². The number of amides is 1. The van der Waals surface area contributed by atoms with Gasteiger partial charge in [0.25, 0.3) is 0 Å². The number of rotatable bonds is 4. The van der Waals surface area contributed by atoms with E-state index >= 15 is 0 Å². The van der Waals surface area contributed by atoms with Crippen LogP contribution >= 0.6 is 0 Å². The summed E-state index contributed by atoms with van der Waals surface area (Å²) in [6.07, 6.45) is 8.28. The van der Waals surface area contributed by atoms with E-state index in [0.717, 1.165) is 44.3 Å². The zero-order chi connectivity index (χ0) is 20.9. The van der Waals surface area contributed by atoms with Gasteiger partial charge in [-0.2, -0.15) is 0 Å². The van der Waals surface area contributed by atoms with Crippen LogP contribution in [-0.4, -0.2) is 48.2 Å². The molecule has 158 valence electrons. The maximum atomic E-state index is 14.8. The molecule has 8 heteroatoms. The van der Waals surface area contributed by atoms with Crippen molar-refractivity contribution in [3.63, 3.8) is 0 Å². The van der Waals surface area contributed by atoms with Crippen molar-refractivity contribution in [2.24, 2.45) is 5.41 Å². The van der Waals surface area contributed by atoms with Gasteiger partial charge in [-0.1, -0.05) is 0 Å². The molecule has 0 radical (unpaired) electrons. The highest BCUT2D eigenvalue weighted by atomic mass is 19.1. The standard InChI is InChI=1S/C22H25FN4O3/c1-30-20(28)15-10-18(27-12-17(25-13-27)14-2-3-14)19(11-16(15)23)26-8-5-22(6-9-26)4-7-24-21(22)29/h10-14H,2-9H2,1H3,(H,24,29). The minimum atomic E-state index is -0.706. The van der Waals surface area contributed by atoms with E-state index < -0.39 is 11.8 Å². The van der Waals surface area contributed by atoms with Crippen LogP contribution < -0.4 is 10.2 Å². The number of aromatic nitrogens is 2. The molecule has 30 heavy (non-hydrogen) atoms. The van der Waals surface area contributed by atoms with Crippen LogP contribution in [0.15, 0.2) is 24.7 Å². The number of methoxy groups -OCH3 is 1. The van der Waals surface area contributed by atoms with Gasteiger partial charge in [-0.15, -0.1) is 0 Å². The molecule has 0 unspecified atom stereocenters. The highest BCUT2D eigenvalue weighted by Crippen LogP contribution is 2.42. The average Bonchev–Trinajstić information content (AvgIpc) is 3.39. The maximum Gasteiger partial charge on any atom is 0.340 e. The number of nitrogens with one attached hydrogen (secondary N) is 1. The number of piperidine rings is 1. The smallest absolute Gasteiger partial charge is 0.340 e. The fraction of sp³-hybridized carbons (Fsp3) is 0.500. The van der Waals surface area contributed by atoms with Crippen LogP contribution in [-0.2, 0) is 9.53 Å². The quantitative estimate of drug-likeness (QED) is 0.782. The summed E-state index contributed by atoms with van der Waals surface area (Å²) in [7, 11) is 1.24. The van der Waals surface area contributed by atoms with Crippen LogP contribution in [0.5, 0.6) is 0 Å². The summed E-state index contributed by atoms with van der Waals surface area (Å²) >= 11 is 0. The molecule has 3 heterocycles. The van der Waals surface area contributed by atoms with Crippen molar-refractivity contribution in [2.45, 2.75) is 38.0 Å². The Morgan fingerprint density at radius 1 is 1.23 bits per heavy atom. The summed E-state index contributed by atoms with van der Waals surface area (Å²) in [6.45, 7) is 2.04. The number of anilines is 1. The first-order valence-corrected chi connectivity index (χ1v) is 10.5. The third kappa shape index (κ3) is 3.14. The molecule has 1 aliphatic carbocycles. The Bertz CT molecular complexity index is 1010. The van der Waals surface area contributed by atoms with Gasteiger partial charge >= 0.3 is 5.97 Å². The molecule has 2 aromatic rings. The molecule has 1 amide bonds. The topological polar surface area (TPSA) is 76.5 Å². The van der Waals surface area contributed by atoms with Crippen molar-refractivity contribution in [1.82, 2.24) is 14.9 Å². The monoisotopic (exact) mass is 412 g/mol. The Balaban J connectivity index is 1.51. The molecule has 7 nitrogen and oxygen atoms in total. The van der Waals surface area contributed by atoms with Crippen molar-refractivity contribution in [1.29, 1.82) is 0 Å². The predicted octanol–water partition coefficient (Wildman–Crippen LogP) is 2.78. The first kappa shape index (κ1) is 19.1. The molecule has 0 atom stereocenters. The van der Waals surface area contributed by atoms with Gasteiger partial charge in [0, 0.05) is 37.8 Å². The number of carbonyl (C=O) groups excluding carboxylic acids is 2. The lowest BCUT2D eigenvalue weighted by molar-refractivity contribution is -0.128. The van der Waals surface area contributed by atoms with Crippen molar-refractivity contribution in [3.8, 4) is 5.69 Å². The van der Waals surface area contributed by atoms with Gasteiger partial charge in [0.05, 0.1) is 41.5 Å². The van der Waals surface area contributed by atoms with Gasteiger partial charge in [0.1, 0.15) is 5.82 Å². The number of halogens is 1. The second-order valence-electron chi connectivity index (χ2n) is 8.57. The molecule has 5 rings (SSSR count). The lowest BCUT2D eigenvalue weighted by Gasteiger charge is -2.39. The Morgan fingerprint density at radius 2 is 2.00 bits per heavy atom. The maximum absolute atomic E-state index is 14.8. The largest absolute Gasteiger partial charge is 0.465 e. The first-order valence-electron chi connectivity index (χ1n) is 10.5. The van der Waals surface area contributed by atoms with Crippen LogP contribution in [0, 0.1) is 11.2 Å². The summed E-state index contributed by atoms with van der Waals surface area (Å²) in [4.78, 5) is 31.0. The van der Waals surface area contributed by atoms with Crippen LogP contribution in [0.4, 0.5) is 10.1 Å². The summed E-state index contributed by atoms with van der Waals surface area (Å²) in [6, 6.07) is 2.95. The lowest BCUT2D eigenvalue weighted by Crippen LogP contribution is -2.44. The van der Waals surface area contributed by atoms with Crippen molar-refractivity contribution < 1.29 is 18.7 Å². The Hall–Kier alpha value is -2.90. The number of hydrogen-bond acceptors (Lipinski definition) is 5. The molecule has 1 saturated carbocycles. The third-order valence-electron chi connectivity index (χ3n) is 6.78. The summed E-state index contributed by atoms with van der Waals surface area (Å²) in [5.74, 6) is -0.686. The number of carbonyl (C=O) groups is 2. The molecule has 1 aromatic heterocycles. The average molecular weight is 412 g/mol. The fourth-order valence-corrected chi connectivity index (χ4v) is 4.71. The van der Waals surface area contributed by atoms with E-state index in [1.54, 1.807) is 12.4 Å². The van der Waals surface area contributed by atoms with Gasteiger partial charge in [0.2, 0.25) is 5.91 Å². The van der Waals surface area contributed by atoms with Crippen molar-refractivity contribution in [2.75, 3.05) is 31.6 Å². The summed E-state index contributed by atoms with van der Waals surface area (Å²) in [5, 5.41) is 2.95. The number of benzene rings is 1. The SMILES string of the molecule is COC(=O)c1cc(-n2cnc(C3CC3)c2)c(N2CCC3(CCNC3=O)CC2)cc1F. The normalized spacial score (nSPS) is 20.5. The van der Waals surface area contributed by atoms with Gasteiger partial charge in [-0.3, -0.25) is 4.79 Å². The fourth-order valence-electron chi connectivity index (χ4n) is 4.71. The molecular formula is C22H25FN4O3. The van der Waals surface area contributed by atoms with E-state index in [9.17, 15) is 14.0 Å². The Kier molecular flexibility index (Phi) is 4.52. The second-order valence-corrected chi connectivity index (χ2v) is 8.57. The van der Waals surface area contributed by atoms with E-state index in [0.29, 0.717) is 30.4 Å². The molecule has 3 aliphatic rings. The number of esters is 1. The van der Waals surface area contributed by atoms with Gasteiger partial charge in [-0.25, -0.2) is 14.2 Å². The lowest BCUT2D eigenvalue weighted by atomic mass is 9.77. The van der Waals surface area contributed by atoms with Gasteiger partial charge in [0.15, 0.2) is 0 Å². The molecule has 2 saturated heterocycles.